The van der Waals surface area contributed by atoms with Crippen molar-refractivity contribution >= 4 is 34.7 Å². The molecule has 0 spiro atoms. The molecule has 0 saturated carbocycles. The van der Waals surface area contributed by atoms with Crippen molar-refractivity contribution in [3.63, 3.8) is 0 Å². The average molecular weight is 415 g/mol. The summed E-state index contributed by atoms with van der Waals surface area (Å²) in [6.07, 6.45) is 4.90. The van der Waals surface area contributed by atoms with Gasteiger partial charge in [-0.2, -0.15) is 11.8 Å². The van der Waals surface area contributed by atoms with Gasteiger partial charge in [-0.15, -0.1) is 11.3 Å². The number of hydrogen-bond acceptors (Lipinski definition) is 5. The summed E-state index contributed by atoms with van der Waals surface area (Å²) in [5.41, 5.74) is 3.62. The Kier molecular flexibility index (Phi) is 5.37. The van der Waals surface area contributed by atoms with Crippen LogP contribution in [0.5, 0.6) is 11.5 Å². The van der Waals surface area contributed by atoms with Crippen LogP contribution in [0.2, 0.25) is 0 Å². The molecule has 1 aliphatic heterocycles. The van der Waals surface area contributed by atoms with Crippen LogP contribution >= 0.6 is 23.1 Å². The lowest BCUT2D eigenvalue weighted by molar-refractivity contribution is 0.102. The van der Waals surface area contributed by atoms with Crippen molar-refractivity contribution < 1.29 is 14.3 Å². The number of aromatic nitrogens is 1. The number of carbonyl (C=O) groups excluding carboxylic acids is 1. The molecule has 3 aromatic rings. The standard InChI is InChI=1S/C21H22N2O3S2/c1-13-10-16(25-2)17(26-3)11-15(13)22-20(24)19-14-6-9-27-12-18(14)28-21(19)23-7-4-5-8-23/h4-5,7-8,10-11H,6,9,12H2,1-3H3,(H,22,24). The Hall–Kier alpha value is -2.38. The van der Waals surface area contributed by atoms with Crippen LogP contribution in [0.1, 0.15) is 26.4 Å². The van der Waals surface area contributed by atoms with Gasteiger partial charge in [-0.25, -0.2) is 0 Å². The predicted octanol–water partition coefficient (Wildman–Crippen LogP) is 4.91. The molecule has 1 aromatic carbocycles. The maximum Gasteiger partial charge on any atom is 0.258 e. The lowest BCUT2D eigenvalue weighted by Crippen LogP contribution is -2.17. The van der Waals surface area contributed by atoms with E-state index < -0.39 is 0 Å². The van der Waals surface area contributed by atoms with Crippen LogP contribution in [0.4, 0.5) is 5.69 Å². The molecule has 3 heterocycles. The van der Waals surface area contributed by atoms with E-state index in [0.717, 1.165) is 39.7 Å². The molecule has 0 fully saturated rings. The molecule has 4 rings (SSSR count). The number of thioether (sulfide) groups is 1. The number of thiophene rings is 1. The lowest BCUT2D eigenvalue weighted by atomic mass is 10.1. The van der Waals surface area contributed by atoms with Crippen molar-refractivity contribution in [3.05, 3.63) is 58.2 Å². The number of aryl methyl sites for hydroxylation is 1. The largest absolute Gasteiger partial charge is 0.493 e. The van der Waals surface area contributed by atoms with Gasteiger partial charge in [-0.05, 0) is 48.4 Å². The minimum absolute atomic E-state index is 0.0802. The summed E-state index contributed by atoms with van der Waals surface area (Å²) in [4.78, 5) is 14.7. The van der Waals surface area contributed by atoms with E-state index in [1.807, 2.05) is 59.9 Å². The molecule has 1 N–H and O–H groups in total. The first-order valence-electron chi connectivity index (χ1n) is 9.02. The van der Waals surface area contributed by atoms with Crippen molar-refractivity contribution in [3.8, 4) is 16.5 Å². The monoisotopic (exact) mass is 414 g/mol. The average Bonchev–Trinajstić information content (AvgIpc) is 3.36. The number of anilines is 1. The fourth-order valence-electron chi connectivity index (χ4n) is 3.40. The van der Waals surface area contributed by atoms with Gasteiger partial charge in [-0.1, -0.05) is 0 Å². The molecule has 0 saturated heterocycles. The first-order valence-corrected chi connectivity index (χ1v) is 11.0. The maximum absolute atomic E-state index is 13.4. The number of hydrogen-bond donors (Lipinski definition) is 1. The van der Waals surface area contributed by atoms with Gasteiger partial charge >= 0.3 is 0 Å². The molecule has 2 aromatic heterocycles. The number of fused-ring (bicyclic) bond motifs is 1. The smallest absolute Gasteiger partial charge is 0.258 e. The Morgan fingerprint density at radius 2 is 1.86 bits per heavy atom. The zero-order valence-corrected chi connectivity index (χ0v) is 17.7. The molecule has 0 aliphatic carbocycles. The van der Waals surface area contributed by atoms with Gasteiger partial charge in [0, 0.05) is 34.8 Å². The van der Waals surface area contributed by atoms with Gasteiger partial charge in [-0.3, -0.25) is 4.79 Å². The summed E-state index contributed by atoms with van der Waals surface area (Å²) < 4.78 is 12.8. The van der Waals surface area contributed by atoms with Gasteiger partial charge in [0.15, 0.2) is 11.5 Å². The van der Waals surface area contributed by atoms with Gasteiger partial charge in [0.2, 0.25) is 0 Å². The second-order valence-corrected chi connectivity index (χ2v) is 8.74. The normalized spacial score (nSPS) is 13.1. The molecule has 1 amide bonds. The molecule has 146 valence electrons. The zero-order valence-electron chi connectivity index (χ0n) is 16.1. The minimum Gasteiger partial charge on any atom is -0.493 e. The highest BCUT2D eigenvalue weighted by atomic mass is 32.2. The predicted molar refractivity (Wildman–Crippen MR) is 116 cm³/mol. The second kappa shape index (κ2) is 7.93. The SMILES string of the molecule is COc1cc(C)c(NC(=O)c2c(-n3cccc3)sc3c2CCSC3)cc1OC. The summed E-state index contributed by atoms with van der Waals surface area (Å²) in [7, 11) is 3.20. The number of nitrogens with zero attached hydrogens (tertiary/aromatic N) is 1. The lowest BCUT2D eigenvalue weighted by Gasteiger charge is -2.16. The van der Waals surface area contributed by atoms with E-state index in [1.165, 1.54) is 10.4 Å². The minimum atomic E-state index is -0.0802. The fraction of sp³-hybridized carbons (Fsp3) is 0.286. The van der Waals surface area contributed by atoms with E-state index in [4.69, 9.17) is 9.47 Å². The number of methoxy groups -OCH3 is 2. The molecule has 5 nitrogen and oxygen atoms in total. The van der Waals surface area contributed by atoms with Crippen molar-refractivity contribution in [1.29, 1.82) is 0 Å². The van der Waals surface area contributed by atoms with Gasteiger partial charge in [0.05, 0.1) is 19.8 Å². The third-order valence-corrected chi connectivity index (χ3v) is 7.26. The first-order chi connectivity index (χ1) is 13.6. The third kappa shape index (κ3) is 3.40. The fourth-order valence-corrected chi connectivity index (χ4v) is 5.85. The van der Waals surface area contributed by atoms with Gasteiger partial charge in [0.1, 0.15) is 5.00 Å². The van der Waals surface area contributed by atoms with E-state index in [1.54, 1.807) is 25.6 Å². The highest BCUT2D eigenvalue weighted by Crippen LogP contribution is 2.39. The summed E-state index contributed by atoms with van der Waals surface area (Å²) in [6, 6.07) is 7.65. The summed E-state index contributed by atoms with van der Waals surface area (Å²) in [6.45, 7) is 1.95. The first kappa shape index (κ1) is 19.0. The van der Waals surface area contributed by atoms with Crippen molar-refractivity contribution in [2.75, 3.05) is 25.3 Å². The Morgan fingerprint density at radius 1 is 1.14 bits per heavy atom. The Bertz CT molecular complexity index is 1010. The number of benzene rings is 1. The molecule has 28 heavy (non-hydrogen) atoms. The van der Waals surface area contributed by atoms with Gasteiger partial charge < -0.3 is 19.4 Å². The molecule has 0 bridgehead atoms. The van der Waals surface area contributed by atoms with Crippen LogP contribution in [0.3, 0.4) is 0 Å². The third-order valence-electron chi connectivity index (χ3n) is 4.85. The van der Waals surface area contributed by atoms with Crippen molar-refractivity contribution in [2.24, 2.45) is 0 Å². The van der Waals surface area contributed by atoms with Crippen LogP contribution in [0.15, 0.2) is 36.7 Å². The number of nitrogens with one attached hydrogen (secondary N) is 1. The number of carbonyl (C=O) groups is 1. The van der Waals surface area contributed by atoms with Crippen LogP contribution in [0, 0.1) is 6.92 Å². The van der Waals surface area contributed by atoms with Gasteiger partial charge in [0.25, 0.3) is 5.91 Å². The van der Waals surface area contributed by atoms with Crippen molar-refractivity contribution in [2.45, 2.75) is 19.1 Å². The van der Waals surface area contributed by atoms with Crippen LogP contribution in [-0.2, 0) is 12.2 Å². The zero-order chi connectivity index (χ0) is 19.7. The number of ether oxygens (including phenoxy) is 2. The van der Waals surface area contributed by atoms with Crippen molar-refractivity contribution in [1.82, 2.24) is 4.57 Å². The summed E-state index contributed by atoms with van der Waals surface area (Å²) >= 11 is 3.64. The van der Waals surface area contributed by atoms with E-state index >= 15 is 0 Å². The molecule has 7 heteroatoms. The number of rotatable bonds is 5. The van der Waals surface area contributed by atoms with E-state index in [9.17, 15) is 4.79 Å². The highest BCUT2D eigenvalue weighted by molar-refractivity contribution is 7.98. The van der Waals surface area contributed by atoms with E-state index in [2.05, 4.69) is 5.32 Å². The molecular weight excluding hydrogens is 392 g/mol. The van der Waals surface area contributed by atoms with Crippen LogP contribution in [0.25, 0.3) is 5.00 Å². The highest BCUT2D eigenvalue weighted by Gasteiger charge is 2.27. The Morgan fingerprint density at radius 3 is 2.57 bits per heavy atom. The molecule has 1 aliphatic rings. The van der Waals surface area contributed by atoms with E-state index in [-0.39, 0.29) is 5.91 Å². The Balaban J connectivity index is 1.74. The quantitative estimate of drug-likeness (QED) is 0.645. The molecule has 0 atom stereocenters. The maximum atomic E-state index is 13.4. The Labute approximate surface area is 172 Å². The summed E-state index contributed by atoms with van der Waals surface area (Å²) in [5, 5.41) is 4.08. The second-order valence-electron chi connectivity index (χ2n) is 6.55. The summed E-state index contributed by atoms with van der Waals surface area (Å²) in [5.74, 6) is 3.18. The topological polar surface area (TPSA) is 52.5 Å². The molecular formula is C21H22N2O3S2. The number of amides is 1. The van der Waals surface area contributed by atoms with Crippen LogP contribution in [-0.4, -0.2) is 30.4 Å². The van der Waals surface area contributed by atoms with Crippen LogP contribution < -0.4 is 14.8 Å². The molecule has 0 radical (unpaired) electrons. The van der Waals surface area contributed by atoms with E-state index in [0.29, 0.717) is 11.5 Å². The molecule has 0 unspecified atom stereocenters.